The molecular formula is C6H7N. The van der Waals surface area contributed by atoms with Crippen LogP contribution in [0.1, 0.15) is 6.93 Å². The molecule has 0 N–H and O–H groups in total. The number of hydrogen-bond donors (Lipinski definition) is 0. The van der Waals surface area contributed by atoms with Crippen molar-refractivity contribution >= 4 is 0 Å². The van der Waals surface area contributed by atoms with E-state index in [0.29, 0.717) is 6.17 Å². The van der Waals surface area contributed by atoms with Gasteiger partial charge in [0.05, 0.1) is 1.37 Å². The number of aryl methyl sites for hydroxylation is 1. The van der Waals surface area contributed by atoms with Crippen molar-refractivity contribution in [3.63, 3.8) is 0 Å². The SMILES string of the molecule is [2H]c1cc(C)ccn1. The highest BCUT2D eigenvalue weighted by Gasteiger charge is 1.72. The number of hydrogen-bond acceptors (Lipinski definition) is 1. The largest absolute Gasteiger partial charge is 0.265 e. The minimum Gasteiger partial charge on any atom is -0.265 e. The van der Waals surface area contributed by atoms with E-state index in [0.717, 1.165) is 5.56 Å². The Morgan fingerprint density at radius 1 is 1.71 bits per heavy atom. The molecule has 0 aromatic carbocycles. The van der Waals surface area contributed by atoms with Gasteiger partial charge in [0.2, 0.25) is 0 Å². The van der Waals surface area contributed by atoms with Crippen molar-refractivity contribution in [2.24, 2.45) is 0 Å². The van der Waals surface area contributed by atoms with E-state index in [4.69, 9.17) is 1.37 Å². The predicted molar refractivity (Wildman–Crippen MR) is 29.0 cm³/mol. The van der Waals surface area contributed by atoms with E-state index in [1.807, 2.05) is 13.0 Å². The Hall–Kier alpha value is -0.850. The quantitative estimate of drug-likeness (QED) is 0.473. The lowest BCUT2D eigenvalue weighted by Gasteiger charge is -1.82. The van der Waals surface area contributed by atoms with Crippen LogP contribution in [0.4, 0.5) is 0 Å². The third-order valence-corrected chi connectivity index (χ3v) is 0.779. The summed E-state index contributed by atoms with van der Waals surface area (Å²) in [6.45, 7) is 1.94. The average Bonchev–Trinajstić information content (AvgIpc) is 1.64. The van der Waals surface area contributed by atoms with E-state index < -0.39 is 0 Å². The van der Waals surface area contributed by atoms with Crippen LogP contribution in [-0.4, -0.2) is 4.98 Å². The summed E-state index contributed by atoms with van der Waals surface area (Å²) >= 11 is 0. The maximum Gasteiger partial charge on any atom is 0.0840 e. The molecule has 7 heavy (non-hydrogen) atoms. The Labute approximate surface area is 44.4 Å². The van der Waals surface area contributed by atoms with E-state index in [9.17, 15) is 0 Å². The molecule has 36 valence electrons. The topological polar surface area (TPSA) is 12.9 Å². The Kier molecular flexibility index (Phi) is 0.791. The predicted octanol–water partition coefficient (Wildman–Crippen LogP) is 1.39. The van der Waals surface area contributed by atoms with Gasteiger partial charge >= 0.3 is 0 Å². The molecule has 1 nitrogen and oxygen atoms in total. The molecule has 1 rings (SSSR count). The molecule has 1 heterocycles. The lowest BCUT2D eigenvalue weighted by Crippen LogP contribution is -1.68. The molecule has 1 aromatic rings. The van der Waals surface area contributed by atoms with Crippen LogP contribution in [0.25, 0.3) is 0 Å². The second-order valence-electron chi connectivity index (χ2n) is 1.46. The molecule has 0 aliphatic carbocycles. The molecule has 0 saturated carbocycles. The molecule has 0 aliphatic heterocycles. The molecule has 0 aliphatic rings. The zero-order valence-corrected chi connectivity index (χ0v) is 4.18. The van der Waals surface area contributed by atoms with Crippen molar-refractivity contribution in [1.29, 1.82) is 0 Å². The van der Waals surface area contributed by atoms with Crippen molar-refractivity contribution in [3.05, 3.63) is 30.1 Å². The molecule has 0 unspecified atom stereocenters. The molecule has 1 aromatic heterocycles. The summed E-state index contributed by atoms with van der Waals surface area (Å²) in [5.74, 6) is 0. The van der Waals surface area contributed by atoms with Crippen molar-refractivity contribution in [2.75, 3.05) is 0 Å². The normalized spacial score (nSPS) is 10.7. The third kappa shape index (κ3) is 1.000. The van der Waals surface area contributed by atoms with Gasteiger partial charge in [-0.15, -0.1) is 0 Å². The second-order valence-corrected chi connectivity index (χ2v) is 1.46. The zero-order chi connectivity index (χ0) is 5.98. The molecule has 1 heteroatoms. The van der Waals surface area contributed by atoms with Crippen LogP contribution >= 0.6 is 0 Å². The maximum atomic E-state index is 7.02. The van der Waals surface area contributed by atoms with Gasteiger partial charge in [-0.1, -0.05) is 0 Å². The standard InChI is InChI=1S/C6H7N/c1-6-2-4-7-5-3-6/h2-5H,1H3/i4D. The Morgan fingerprint density at radius 2 is 2.57 bits per heavy atom. The van der Waals surface area contributed by atoms with E-state index in [1.54, 1.807) is 12.3 Å². The number of pyridine rings is 1. The van der Waals surface area contributed by atoms with Crippen LogP contribution in [0.15, 0.2) is 24.5 Å². The van der Waals surface area contributed by atoms with E-state index >= 15 is 0 Å². The van der Waals surface area contributed by atoms with Crippen LogP contribution in [0.2, 0.25) is 0 Å². The van der Waals surface area contributed by atoms with E-state index in [2.05, 4.69) is 4.98 Å². The molecule has 0 amide bonds. The van der Waals surface area contributed by atoms with E-state index in [1.165, 1.54) is 0 Å². The first-order valence-corrected chi connectivity index (χ1v) is 2.18. The van der Waals surface area contributed by atoms with E-state index in [-0.39, 0.29) is 0 Å². The van der Waals surface area contributed by atoms with Crippen molar-refractivity contribution in [3.8, 4) is 0 Å². The summed E-state index contributed by atoms with van der Waals surface area (Å²) in [5.41, 5.74) is 1.09. The monoisotopic (exact) mass is 94.1 g/mol. The first kappa shape index (κ1) is 3.19. The van der Waals surface area contributed by atoms with Gasteiger partial charge in [0.25, 0.3) is 0 Å². The summed E-state index contributed by atoms with van der Waals surface area (Å²) < 4.78 is 7.02. The number of aromatic nitrogens is 1. The van der Waals surface area contributed by atoms with Crippen molar-refractivity contribution in [2.45, 2.75) is 6.92 Å². The minimum atomic E-state index is 0.338. The molecule has 0 fully saturated rings. The third-order valence-electron chi connectivity index (χ3n) is 0.779. The van der Waals surface area contributed by atoms with Crippen molar-refractivity contribution < 1.29 is 1.37 Å². The lowest BCUT2D eigenvalue weighted by atomic mass is 10.3. The molecule has 0 atom stereocenters. The summed E-state index contributed by atoms with van der Waals surface area (Å²) in [4.78, 5) is 3.71. The zero-order valence-electron chi connectivity index (χ0n) is 5.18. The fourth-order valence-corrected chi connectivity index (χ4v) is 0.385. The van der Waals surface area contributed by atoms with Crippen LogP contribution in [0.3, 0.4) is 0 Å². The Balaban J connectivity index is 3.08. The summed E-state index contributed by atoms with van der Waals surface area (Å²) in [6, 6.07) is 3.60. The van der Waals surface area contributed by atoms with Gasteiger partial charge < -0.3 is 0 Å². The molecule has 0 bridgehead atoms. The fourth-order valence-electron chi connectivity index (χ4n) is 0.385. The number of nitrogens with zero attached hydrogens (tertiary/aromatic N) is 1. The average molecular weight is 94.1 g/mol. The van der Waals surface area contributed by atoms with Crippen LogP contribution in [-0.2, 0) is 0 Å². The van der Waals surface area contributed by atoms with Crippen LogP contribution < -0.4 is 0 Å². The van der Waals surface area contributed by atoms with Gasteiger partial charge in [-0.05, 0) is 24.6 Å². The smallest absolute Gasteiger partial charge is 0.0840 e. The molecule has 0 radical (unpaired) electrons. The maximum absolute atomic E-state index is 7.02. The Bertz CT molecular complexity index is 168. The first-order chi connectivity index (χ1) is 3.79. The lowest BCUT2D eigenvalue weighted by molar-refractivity contribution is 1.29. The minimum absolute atomic E-state index is 0.338. The summed E-state index contributed by atoms with van der Waals surface area (Å²) in [7, 11) is 0. The van der Waals surface area contributed by atoms with Crippen LogP contribution in [0.5, 0.6) is 0 Å². The highest BCUT2D eigenvalue weighted by Crippen LogP contribution is 1.88. The van der Waals surface area contributed by atoms with Gasteiger partial charge in [-0.25, -0.2) is 0 Å². The van der Waals surface area contributed by atoms with Gasteiger partial charge in [0.15, 0.2) is 0 Å². The molecule has 0 spiro atoms. The molecular weight excluding hydrogens is 86.1 g/mol. The summed E-state index contributed by atoms with van der Waals surface area (Å²) in [5, 5.41) is 0. The Morgan fingerprint density at radius 3 is 3.00 bits per heavy atom. The highest BCUT2D eigenvalue weighted by molar-refractivity contribution is 5.05. The first-order valence-electron chi connectivity index (χ1n) is 2.68. The van der Waals surface area contributed by atoms with Gasteiger partial charge in [-0.2, -0.15) is 0 Å². The van der Waals surface area contributed by atoms with Gasteiger partial charge in [0, 0.05) is 12.4 Å². The number of rotatable bonds is 0. The van der Waals surface area contributed by atoms with Crippen molar-refractivity contribution in [1.82, 2.24) is 4.98 Å². The van der Waals surface area contributed by atoms with Gasteiger partial charge in [-0.3, -0.25) is 4.98 Å². The molecule has 0 saturated heterocycles. The fraction of sp³-hybridized carbons (Fsp3) is 0.167. The van der Waals surface area contributed by atoms with Gasteiger partial charge in [0.1, 0.15) is 0 Å². The summed E-state index contributed by atoms with van der Waals surface area (Å²) in [6.07, 6.45) is 1.97. The second kappa shape index (κ2) is 1.73. The van der Waals surface area contributed by atoms with Crippen LogP contribution in [0, 0.1) is 6.92 Å². The highest BCUT2D eigenvalue weighted by atomic mass is 14.6.